The molecule has 4 rings (SSSR count). The van der Waals surface area contributed by atoms with Crippen molar-refractivity contribution in [3.05, 3.63) is 82.4 Å². The van der Waals surface area contributed by atoms with Gasteiger partial charge in [-0.2, -0.15) is 26.3 Å². The van der Waals surface area contributed by atoms with E-state index >= 15 is 0 Å². The molecule has 0 radical (unpaired) electrons. The van der Waals surface area contributed by atoms with E-state index in [1.165, 1.54) is 32.2 Å². The summed E-state index contributed by atoms with van der Waals surface area (Å²) < 4.78 is 100. The zero-order valence-corrected chi connectivity index (χ0v) is 27.4. The van der Waals surface area contributed by atoms with E-state index in [9.17, 15) is 40.3 Å². The van der Waals surface area contributed by atoms with E-state index in [2.05, 4.69) is 10.3 Å². The second-order valence-electron chi connectivity index (χ2n) is 13.0. The lowest BCUT2D eigenvalue weighted by Crippen LogP contribution is -2.35. The number of alkyl halides is 6. The van der Waals surface area contributed by atoms with E-state index in [1.54, 1.807) is 19.9 Å². The van der Waals surface area contributed by atoms with Crippen LogP contribution in [0.4, 0.5) is 36.4 Å². The molecule has 0 aliphatic heterocycles. The van der Waals surface area contributed by atoms with Crippen molar-refractivity contribution in [2.45, 2.75) is 84.0 Å². The highest BCUT2D eigenvalue weighted by molar-refractivity contribution is 5.93. The van der Waals surface area contributed by atoms with Crippen molar-refractivity contribution >= 4 is 17.4 Å². The predicted octanol–water partition coefficient (Wildman–Crippen LogP) is 9.67. The lowest BCUT2D eigenvalue weighted by Gasteiger charge is -2.31. The Kier molecular flexibility index (Phi) is 11.0. The monoisotopic (exact) mass is 680 g/mol. The van der Waals surface area contributed by atoms with Crippen LogP contribution in [0.3, 0.4) is 0 Å². The molecule has 0 saturated heterocycles. The Bertz CT molecular complexity index is 1610. The minimum absolute atomic E-state index is 0.0281. The summed E-state index contributed by atoms with van der Waals surface area (Å²) in [5.74, 6) is -1.28. The fourth-order valence-corrected chi connectivity index (χ4v) is 6.24. The summed E-state index contributed by atoms with van der Waals surface area (Å²) >= 11 is 0. The summed E-state index contributed by atoms with van der Waals surface area (Å²) in [5.41, 5.74) is -2.11. The van der Waals surface area contributed by atoms with Gasteiger partial charge in [-0.3, -0.25) is 14.6 Å². The lowest BCUT2D eigenvalue weighted by atomic mass is 9.75. The quantitative estimate of drug-likeness (QED) is 0.171. The van der Waals surface area contributed by atoms with Crippen LogP contribution in [-0.4, -0.2) is 29.9 Å². The van der Waals surface area contributed by atoms with Crippen LogP contribution in [0.5, 0.6) is 0 Å². The van der Waals surface area contributed by atoms with Crippen LogP contribution in [0.15, 0.2) is 48.7 Å². The largest absolute Gasteiger partial charge is 0.466 e. The van der Waals surface area contributed by atoms with Gasteiger partial charge in [0, 0.05) is 17.2 Å². The molecular weight excluding hydrogens is 641 g/mol. The first-order valence-electron chi connectivity index (χ1n) is 15.8. The highest BCUT2D eigenvalue weighted by Gasteiger charge is 2.40. The Hall–Kier alpha value is -3.96. The van der Waals surface area contributed by atoms with Gasteiger partial charge < -0.3 is 10.1 Å². The number of halogens is 7. The molecule has 1 aliphatic carbocycles. The van der Waals surface area contributed by atoms with Crippen LogP contribution in [0.25, 0.3) is 11.1 Å². The summed E-state index contributed by atoms with van der Waals surface area (Å²) in [6.07, 6.45) is -5.42. The molecule has 0 spiro atoms. The third kappa shape index (κ3) is 8.36. The highest BCUT2D eigenvalue weighted by Crippen LogP contribution is 2.42. The summed E-state index contributed by atoms with van der Waals surface area (Å²) in [7, 11) is 0. The van der Waals surface area contributed by atoms with Crippen LogP contribution >= 0.6 is 0 Å². The maximum Gasteiger partial charge on any atom is 0.416 e. The summed E-state index contributed by atoms with van der Waals surface area (Å²) in [6.45, 7) is 7.81. The average Bonchev–Trinajstić information content (AvgIpc) is 3.02. The van der Waals surface area contributed by atoms with E-state index in [4.69, 9.17) is 4.74 Å². The lowest BCUT2D eigenvalue weighted by molar-refractivity contribution is -0.150. The number of ketones is 1. The molecule has 0 amide bonds. The number of nitrogens with one attached hydrogen (secondary N) is 1. The number of carbonyl (C=O) groups excluding carboxylic acids is 2. The van der Waals surface area contributed by atoms with Crippen LogP contribution in [-0.2, 0) is 32.1 Å². The number of aromatic nitrogens is 1. The molecule has 1 heterocycles. The topological polar surface area (TPSA) is 68.3 Å². The van der Waals surface area contributed by atoms with Gasteiger partial charge in [0.15, 0.2) is 5.78 Å². The van der Waals surface area contributed by atoms with E-state index in [0.717, 1.165) is 31.4 Å². The summed E-state index contributed by atoms with van der Waals surface area (Å²) in [4.78, 5) is 30.4. The minimum atomic E-state index is -5.05. The molecule has 1 aromatic heterocycles. The number of esters is 1. The molecule has 5 nitrogen and oxygen atoms in total. The smallest absolute Gasteiger partial charge is 0.416 e. The highest BCUT2D eigenvalue weighted by atomic mass is 19.4. The molecule has 48 heavy (non-hydrogen) atoms. The molecular formula is C36H39F7N2O3. The summed E-state index contributed by atoms with van der Waals surface area (Å²) in [6, 6.07) is 7.29. The molecule has 1 atom stereocenters. The number of benzene rings is 2. The minimum Gasteiger partial charge on any atom is -0.466 e. The molecule has 0 bridgehead atoms. The Morgan fingerprint density at radius 1 is 0.896 bits per heavy atom. The van der Waals surface area contributed by atoms with E-state index < -0.39 is 52.6 Å². The normalized spacial score (nSPS) is 17.9. The van der Waals surface area contributed by atoms with Gasteiger partial charge >= 0.3 is 18.3 Å². The van der Waals surface area contributed by atoms with Gasteiger partial charge in [-0.05, 0) is 112 Å². The number of nitrogens with zero attached hydrogens (tertiary/aromatic N) is 1. The molecule has 2 aromatic carbocycles. The molecule has 12 heteroatoms. The molecule has 1 N–H and O–H groups in total. The standard InChI is InChI=1S/C36H39F7N2O3/c1-6-48-33(47)21(3)22-7-9-23(10-8-22)30-17-29(28-12-11-27(37)13-20(28)2)31(18-44-30)45-19-32(46)34(4,5)24-14-25(35(38,39)40)16-26(15-24)36(41,42)43/h11-18,21-23,45H,6-10,19H2,1-5H3. The first-order valence-corrected chi connectivity index (χ1v) is 15.8. The van der Waals surface area contributed by atoms with Crippen molar-refractivity contribution in [1.82, 2.24) is 4.98 Å². The zero-order chi connectivity index (χ0) is 35.6. The Morgan fingerprint density at radius 3 is 2.02 bits per heavy atom. The number of anilines is 1. The Labute approximate surface area is 275 Å². The van der Waals surface area contributed by atoms with Gasteiger partial charge in [0.1, 0.15) is 5.82 Å². The summed E-state index contributed by atoms with van der Waals surface area (Å²) in [5, 5.41) is 2.99. The van der Waals surface area contributed by atoms with Crippen molar-refractivity contribution < 1.29 is 45.1 Å². The van der Waals surface area contributed by atoms with Crippen molar-refractivity contribution in [3.8, 4) is 11.1 Å². The first kappa shape index (κ1) is 36.9. The van der Waals surface area contributed by atoms with Gasteiger partial charge in [0.05, 0.1) is 47.5 Å². The van der Waals surface area contributed by atoms with Crippen molar-refractivity contribution in [2.24, 2.45) is 11.8 Å². The zero-order valence-electron chi connectivity index (χ0n) is 27.4. The SMILES string of the molecule is CCOC(=O)C(C)C1CCC(c2cc(-c3ccc(F)cc3C)c(NCC(=O)C(C)(C)c3cc(C(F)(F)F)cc(C(F)(F)F)c3)cn2)CC1. The van der Waals surface area contributed by atoms with Gasteiger partial charge in [0.2, 0.25) is 0 Å². The van der Waals surface area contributed by atoms with Gasteiger partial charge in [-0.25, -0.2) is 4.39 Å². The Balaban J connectivity index is 1.61. The number of hydrogen-bond acceptors (Lipinski definition) is 5. The number of aryl methyl sites for hydroxylation is 1. The number of rotatable bonds is 10. The van der Waals surface area contributed by atoms with Gasteiger partial charge in [-0.15, -0.1) is 0 Å². The molecule has 3 aromatic rings. The number of Topliss-reactive ketones (excluding diaryl/α,β-unsaturated/α-hetero) is 1. The molecule has 1 fully saturated rings. The first-order chi connectivity index (χ1) is 22.3. The van der Waals surface area contributed by atoms with Crippen molar-refractivity contribution in [3.63, 3.8) is 0 Å². The number of carbonyl (C=O) groups is 2. The maximum absolute atomic E-state index is 14.0. The fourth-order valence-electron chi connectivity index (χ4n) is 6.24. The van der Waals surface area contributed by atoms with Crippen LogP contribution in [0.1, 0.15) is 87.2 Å². The molecule has 1 unspecified atom stereocenters. The second-order valence-corrected chi connectivity index (χ2v) is 13.0. The van der Waals surface area contributed by atoms with Gasteiger partial charge in [0.25, 0.3) is 0 Å². The number of pyridine rings is 1. The van der Waals surface area contributed by atoms with Crippen LogP contribution < -0.4 is 5.32 Å². The predicted molar refractivity (Wildman–Crippen MR) is 168 cm³/mol. The number of hydrogen-bond donors (Lipinski definition) is 1. The Morgan fingerprint density at radius 2 is 1.48 bits per heavy atom. The molecule has 1 aliphatic rings. The van der Waals surface area contributed by atoms with E-state index in [0.29, 0.717) is 41.1 Å². The van der Waals surface area contributed by atoms with Crippen LogP contribution in [0.2, 0.25) is 0 Å². The van der Waals surface area contributed by atoms with E-state index in [1.807, 2.05) is 13.0 Å². The third-order valence-electron chi connectivity index (χ3n) is 9.41. The van der Waals surface area contributed by atoms with E-state index in [-0.39, 0.29) is 29.8 Å². The fraction of sp³-hybridized carbons (Fsp3) is 0.472. The third-order valence-corrected chi connectivity index (χ3v) is 9.41. The molecule has 1 saturated carbocycles. The van der Waals surface area contributed by atoms with Crippen molar-refractivity contribution in [2.75, 3.05) is 18.5 Å². The molecule has 260 valence electrons. The number of ether oxygens (including phenoxy) is 1. The maximum atomic E-state index is 14.0. The van der Waals surface area contributed by atoms with Crippen molar-refractivity contribution in [1.29, 1.82) is 0 Å². The second kappa shape index (κ2) is 14.3. The van der Waals surface area contributed by atoms with Crippen LogP contribution in [0, 0.1) is 24.6 Å². The average molecular weight is 681 g/mol. The van der Waals surface area contributed by atoms with Gasteiger partial charge in [-0.1, -0.05) is 13.0 Å².